The van der Waals surface area contributed by atoms with Crippen LogP contribution in [-0.4, -0.2) is 36.6 Å². The third kappa shape index (κ3) is 3.91. The van der Waals surface area contributed by atoms with Crippen LogP contribution in [0.3, 0.4) is 0 Å². The summed E-state index contributed by atoms with van der Waals surface area (Å²) in [6, 6.07) is 16.9. The summed E-state index contributed by atoms with van der Waals surface area (Å²) in [6.45, 7) is 0.599. The zero-order chi connectivity index (χ0) is 22.9. The fourth-order valence-corrected chi connectivity index (χ4v) is 4.31. The summed E-state index contributed by atoms with van der Waals surface area (Å²) < 4.78 is 30.9. The highest BCUT2D eigenvalue weighted by Gasteiger charge is 2.34. The molecule has 0 aliphatic carbocycles. The van der Waals surface area contributed by atoms with Gasteiger partial charge in [-0.3, -0.25) is 4.79 Å². The van der Waals surface area contributed by atoms with Crippen molar-refractivity contribution < 1.29 is 23.1 Å². The molecule has 1 atom stereocenters. The lowest BCUT2D eigenvalue weighted by molar-refractivity contribution is 0.0716. The molecule has 0 unspecified atom stereocenters. The molecule has 0 saturated carbocycles. The van der Waals surface area contributed by atoms with Gasteiger partial charge in [0.15, 0.2) is 5.58 Å². The van der Waals surface area contributed by atoms with E-state index in [4.69, 9.17) is 13.9 Å². The third-order valence-electron chi connectivity index (χ3n) is 5.99. The lowest BCUT2D eigenvalue weighted by Crippen LogP contribution is -2.30. The number of nitrogens with zero attached hydrogens (tertiary/aromatic N) is 2. The van der Waals surface area contributed by atoms with Crippen molar-refractivity contribution in [3.05, 3.63) is 77.9 Å². The average Bonchev–Trinajstić information content (AvgIpc) is 3.50. The second-order valence-electron chi connectivity index (χ2n) is 7.97. The smallest absolute Gasteiger partial charge is 0.254 e. The van der Waals surface area contributed by atoms with Crippen LogP contribution in [0.4, 0.5) is 4.39 Å². The molecular formula is C26H23FN2O4. The number of benzene rings is 3. The van der Waals surface area contributed by atoms with Crippen LogP contribution in [0.1, 0.15) is 35.1 Å². The maximum atomic E-state index is 14.2. The number of amides is 1. The van der Waals surface area contributed by atoms with Crippen LogP contribution in [-0.2, 0) is 0 Å². The lowest BCUT2D eigenvalue weighted by Gasteiger charge is -2.22. The van der Waals surface area contributed by atoms with E-state index in [0.29, 0.717) is 46.2 Å². The van der Waals surface area contributed by atoms with Crippen molar-refractivity contribution in [2.24, 2.45) is 0 Å². The Labute approximate surface area is 190 Å². The standard InChI is InChI=1S/C26H23FN2O4/c1-31-18-12-17(13-19(15-18)32-2)26(30)29-11-5-8-23(29)25-28-22-14-16(9-10-24(22)33-25)20-6-3-4-7-21(20)27/h3-4,6-7,9-10,12-15,23H,5,8,11H2,1-2H3/t23-/m0/s1. The van der Waals surface area contributed by atoms with Gasteiger partial charge in [0.1, 0.15) is 28.9 Å². The van der Waals surface area contributed by atoms with Crippen molar-refractivity contribution in [2.75, 3.05) is 20.8 Å². The monoisotopic (exact) mass is 446 g/mol. The Hall–Kier alpha value is -3.87. The van der Waals surface area contributed by atoms with Crippen LogP contribution in [0.5, 0.6) is 11.5 Å². The van der Waals surface area contributed by atoms with Crippen molar-refractivity contribution in [1.82, 2.24) is 9.88 Å². The summed E-state index contributed by atoms with van der Waals surface area (Å²) >= 11 is 0. The van der Waals surface area contributed by atoms with E-state index in [2.05, 4.69) is 4.98 Å². The third-order valence-corrected chi connectivity index (χ3v) is 5.99. The van der Waals surface area contributed by atoms with Gasteiger partial charge in [0, 0.05) is 23.7 Å². The summed E-state index contributed by atoms with van der Waals surface area (Å²) in [6.07, 6.45) is 1.59. The van der Waals surface area contributed by atoms with Crippen molar-refractivity contribution in [1.29, 1.82) is 0 Å². The van der Waals surface area contributed by atoms with Gasteiger partial charge in [-0.2, -0.15) is 0 Å². The molecule has 168 valence electrons. The zero-order valence-electron chi connectivity index (χ0n) is 18.4. The van der Waals surface area contributed by atoms with Gasteiger partial charge in [-0.1, -0.05) is 24.3 Å². The Morgan fingerprint density at radius 1 is 1.06 bits per heavy atom. The molecule has 5 rings (SSSR count). The highest BCUT2D eigenvalue weighted by Crippen LogP contribution is 2.36. The van der Waals surface area contributed by atoms with Crippen LogP contribution in [0, 0.1) is 5.82 Å². The predicted octanol–water partition coefficient (Wildman–Crippen LogP) is 5.63. The number of oxazole rings is 1. The molecule has 1 aliphatic rings. The van der Waals surface area contributed by atoms with E-state index >= 15 is 0 Å². The topological polar surface area (TPSA) is 64.8 Å². The summed E-state index contributed by atoms with van der Waals surface area (Å²) in [5, 5.41) is 0. The van der Waals surface area contributed by atoms with Crippen LogP contribution < -0.4 is 9.47 Å². The van der Waals surface area contributed by atoms with E-state index in [9.17, 15) is 9.18 Å². The van der Waals surface area contributed by atoms with Gasteiger partial charge in [-0.05, 0) is 48.7 Å². The van der Waals surface area contributed by atoms with Crippen LogP contribution in [0.15, 0.2) is 65.1 Å². The molecule has 0 N–H and O–H groups in total. The molecule has 1 aliphatic heterocycles. The molecule has 0 radical (unpaired) electrons. The van der Waals surface area contributed by atoms with Gasteiger partial charge >= 0.3 is 0 Å². The quantitative estimate of drug-likeness (QED) is 0.398. The van der Waals surface area contributed by atoms with Crippen LogP contribution in [0.2, 0.25) is 0 Å². The highest BCUT2D eigenvalue weighted by molar-refractivity contribution is 5.95. The molecular weight excluding hydrogens is 423 g/mol. The Morgan fingerprint density at radius 2 is 1.82 bits per heavy atom. The zero-order valence-corrected chi connectivity index (χ0v) is 18.4. The van der Waals surface area contributed by atoms with E-state index < -0.39 is 0 Å². The number of ether oxygens (including phenoxy) is 2. The van der Waals surface area contributed by atoms with E-state index in [1.54, 1.807) is 61.6 Å². The average molecular weight is 446 g/mol. The minimum absolute atomic E-state index is 0.135. The molecule has 7 heteroatoms. The molecule has 1 fully saturated rings. The van der Waals surface area contributed by atoms with Crippen molar-refractivity contribution >= 4 is 17.0 Å². The molecule has 2 heterocycles. The summed E-state index contributed by atoms with van der Waals surface area (Å²) in [5.41, 5.74) is 2.95. The maximum absolute atomic E-state index is 14.2. The molecule has 4 aromatic rings. The number of hydrogen-bond acceptors (Lipinski definition) is 5. The number of halogens is 1. The number of aromatic nitrogens is 1. The normalized spacial score (nSPS) is 15.7. The van der Waals surface area contributed by atoms with Crippen LogP contribution >= 0.6 is 0 Å². The van der Waals surface area contributed by atoms with Gasteiger partial charge < -0.3 is 18.8 Å². The van der Waals surface area contributed by atoms with Crippen molar-refractivity contribution in [3.63, 3.8) is 0 Å². The minimum atomic E-state index is -0.290. The van der Waals surface area contributed by atoms with E-state index in [-0.39, 0.29) is 17.8 Å². The maximum Gasteiger partial charge on any atom is 0.254 e. The van der Waals surface area contributed by atoms with E-state index in [0.717, 1.165) is 18.4 Å². The van der Waals surface area contributed by atoms with E-state index in [1.165, 1.54) is 6.07 Å². The molecule has 3 aromatic carbocycles. The molecule has 33 heavy (non-hydrogen) atoms. The predicted molar refractivity (Wildman–Crippen MR) is 122 cm³/mol. The number of hydrogen-bond donors (Lipinski definition) is 0. The summed E-state index contributed by atoms with van der Waals surface area (Å²) in [5.74, 6) is 1.16. The second kappa shape index (κ2) is 8.58. The van der Waals surface area contributed by atoms with Gasteiger partial charge in [0.25, 0.3) is 5.91 Å². The molecule has 1 aromatic heterocycles. The van der Waals surface area contributed by atoms with Crippen molar-refractivity contribution in [3.8, 4) is 22.6 Å². The fourth-order valence-electron chi connectivity index (χ4n) is 4.31. The first-order valence-electron chi connectivity index (χ1n) is 10.8. The SMILES string of the molecule is COc1cc(OC)cc(C(=O)N2CCC[C@H]2c2nc3cc(-c4ccccc4F)ccc3o2)c1. The number of rotatable bonds is 5. The fraction of sp³-hybridized carbons (Fsp3) is 0.231. The first kappa shape index (κ1) is 21.0. The molecule has 0 spiro atoms. The number of carbonyl (C=O) groups excluding carboxylic acids is 1. The lowest BCUT2D eigenvalue weighted by atomic mass is 10.0. The Bertz CT molecular complexity index is 1310. The summed E-state index contributed by atoms with van der Waals surface area (Å²) in [7, 11) is 3.10. The molecule has 1 saturated heterocycles. The van der Waals surface area contributed by atoms with Gasteiger partial charge in [0.2, 0.25) is 5.89 Å². The van der Waals surface area contributed by atoms with Crippen molar-refractivity contribution in [2.45, 2.75) is 18.9 Å². The summed E-state index contributed by atoms with van der Waals surface area (Å²) in [4.78, 5) is 19.8. The van der Waals surface area contributed by atoms with Gasteiger partial charge in [0.05, 0.1) is 14.2 Å². The molecule has 0 bridgehead atoms. The number of methoxy groups -OCH3 is 2. The molecule has 6 nitrogen and oxygen atoms in total. The Balaban J connectivity index is 1.47. The number of likely N-dealkylation sites (tertiary alicyclic amines) is 1. The Morgan fingerprint density at radius 3 is 2.55 bits per heavy atom. The highest BCUT2D eigenvalue weighted by atomic mass is 19.1. The first-order chi connectivity index (χ1) is 16.1. The molecule has 1 amide bonds. The van der Waals surface area contributed by atoms with Crippen LogP contribution in [0.25, 0.3) is 22.2 Å². The van der Waals surface area contributed by atoms with E-state index in [1.807, 2.05) is 12.1 Å². The largest absolute Gasteiger partial charge is 0.497 e. The number of carbonyl (C=O) groups is 1. The first-order valence-corrected chi connectivity index (χ1v) is 10.8. The van der Waals surface area contributed by atoms with Gasteiger partial charge in [-0.15, -0.1) is 0 Å². The minimum Gasteiger partial charge on any atom is -0.497 e. The Kier molecular flexibility index (Phi) is 5.46. The second-order valence-corrected chi connectivity index (χ2v) is 7.97. The number of fused-ring (bicyclic) bond motifs is 1. The van der Waals surface area contributed by atoms with Gasteiger partial charge in [-0.25, -0.2) is 9.37 Å².